The highest BCUT2D eigenvalue weighted by atomic mass is 14.9. The van der Waals surface area contributed by atoms with Gasteiger partial charge >= 0.3 is 0 Å². The molecule has 0 amide bonds. The number of benzene rings is 1. The fourth-order valence-corrected chi connectivity index (χ4v) is 1.07. The summed E-state index contributed by atoms with van der Waals surface area (Å²) in [4.78, 5) is 10.7. The van der Waals surface area contributed by atoms with Crippen molar-refractivity contribution >= 4 is 11.8 Å². The second kappa shape index (κ2) is 7.98. The van der Waals surface area contributed by atoms with E-state index in [-0.39, 0.29) is 0 Å². The van der Waals surface area contributed by atoms with Gasteiger partial charge < -0.3 is 5.73 Å². The Balaban J connectivity index is 0.000000202. The summed E-state index contributed by atoms with van der Waals surface area (Å²) in [5.74, 6) is 0. The zero-order valence-corrected chi connectivity index (χ0v) is 9.82. The molecule has 2 aromatic rings. The standard InChI is InChI=1S/C10H13N.C3H3N3/c1-2-3-4-9-5-7-10(11)8-6-9;1-4-2-6-3-5-1/h3-8H,2,11H2,1H3;1-3H. The summed E-state index contributed by atoms with van der Waals surface area (Å²) in [6.45, 7) is 2.12. The molecular formula is C13H16N4. The van der Waals surface area contributed by atoms with Crippen LogP contribution in [0.15, 0.2) is 49.3 Å². The lowest BCUT2D eigenvalue weighted by Gasteiger charge is -1.93. The molecule has 0 unspecified atom stereocenters. The first-order valence-corrected chi connectivity index (χ1v) is 5.40. The van der Waals surface area contributed by atoms with E-state index < -0.39 is 0 Å². The van der Waals surface area contributed by atoms with Crippen molar-refractivity contribution in [2.45, 2.75) is 13.3 Å². The van der Waals surface area contributed by atoms with Crippen molar-refractivity contribution in [1.82, 2.24) is 15.0 Å². The van der Waals surface area contributed by atoms with Gasteiger partial charge in [-0.15, -0.1) is 0 Å². The van der Waals surface area contributed by atoms with Crippen molar-refractivity contribution < 1.29 is 0 Å². The first-order valence-electron chi connectivity index (χ1n) is 5.40. The van der Waals surface area contributed by atoms with Crippen molar-refractivity contribution in [3.8, 4) is 0 Å². The summed E-state index contributed by atoms with van der Waals surface area (Å²) >= 11 is 0. The molecule has 0 fully saturated rings. The van der Waals surface area contributed by atoms with Crippen LogP contribution in [0.4, 0.5) is 5.69 Å². The van der Waals surface area contributed by atoms with E-state index in [1.54, 1.807) is 0 Å². The number of hydrogen-bond donors (Lipinski definition) is 1. The highest BCUT2D eigenvalue weighted by Gasteiger charge is 1.84. The van der Waals surface area contributed by atoms with E-state index in [2.05, 4.69) is 34.0 Å². The van der Waals surface area contributed by atoms with Crippen molar-refractivity contribution in [3.05, 3.63) is 54.9 Å². The Hall–Kier alpha value is -2.23. The summed E-state index contributed by atoms with van der Waals surface area (Å²) in [5, 5.41) is 0. The molecule has 0 spiro atoms. The zero-order valence-electron chi connectivity index (χ0n) is 9.82. The lowest BCUT2D eigenvalue weighted by molar-refractivity contribution is 1.05. The smallest absolute Gasteiger partial charge is 0.119 e. The van der Waals surface area contributed by atoms with Gasteiger partial charge in [-0.25, -0.2) is 15.0 Å². The van der Waals surface area contributed by atoms with Gasteiger partial charge in [0, 0.05) is 5.69 Å². The SMILES string of the molecule is CCC=Cc1ccc(N)cc1.c1ncncn1. The Morgan fingerprint density at radius 3 is 1.94 bits per heavy atom. The van der Waals surface area contributed by atoms with E-state index in [4.69, 9.17) is 5.73 Å². The largest absolute Gasteiger partial charge is 0.399 e. The molecule has 0 aliphatic rings. The molecule has 0 radical (unpaired) electrons. The molecule has 0 aliphatic carbocycles. The first-order chi connectivity index (χ1) is 8.33. The number of nitrogen functional groups attached to an aromatic ring is 1. The van der Waals surface area contributed by atoms with E-state index in [1.165, 1.54) is 24.5 Å². The Morgan fingerprint density at radius 2 is 1.53 bits per heavy atom. The minimum Gasteiger partial charge on any atom is -0.399 e. The average molecular weight is 228 g/mol. The molecule has 2 rings (SSSR count). The van der Waals surface area contributed by atoms with Gasteiger partial charge in [0.25, 0.3) is 0 Å². The zero-order chi connectivity index (χ0) is 12.3. The van der Waals surface area contributed by atoms with Gasteiger partial charge in [-0.1, -0.05) is 31.2 Å². The number of nitrogens with zero attached hydrogens (tertiary/aromatic N) is 3. The summed E-state index contributed by atoms with van der Waals surface area (Å²) < 4.78 is 0. The molecule has 1 heterocycles. The minimum atomic E-state index is 0.818. The number of hydrogen-bond acceptors (Lipinski definition) is 4. The van der Waals surface area contributed by atoms with Gasteiger partial charge in [0.1, 0.15) is 19.0 Å². The van der Waals surface area contributed by atoms with Crippen LogP contribution in [0.5, 0.6) is 0 Å². The third kappa shape index (κ3) is 6.04. The molecule has 2 N–H and O–H groups in total. The average Bonchev–Trinajstić information content (AvgIpc) is 2.41. The van der Waals surface area contributed by atoms with Gasteiger partial charge in [0.2, 0.25) is 0 Å². The van der Waals surface area contributed by atoms with Gasteiger partial charge in [-0.3, -0.25) is 0 Å². The molecule has 0 saturated heterocycles. The molecule has 0 atom stereocenters. The predicted molar refractivity (Wildman–Crippen MR) is 70.0 cm³/mol. The van der Waals surface area contributed by atoms with Crippen LogP contribution >= 0.6 is 0 Å². The second-order valence-corrected chi connectivity index (χ2v) is 3.27. The third-order valence-electron chi connectivity index (χ3n) is 1.88. The lowest BCUT2D eigenvalue weighted by atomic mass is 10.2. The molecule has 1 aromatic heterocycles. The number of anilines is 1. The maximum Gasteiger partial charge on any atom is 0.119 e. The van der Waals surface area contributed by atoms with E-state index in [1.807, 2.05) is 24.3 Å². The van der Waals surface area contributed by atoms with Crippen molar-refractivity contribution in [2.24, 2.45) is 0 Å². The van der Waals surface area contributed by atoms with Crippen LogP contribution in [-0.4, -0.2) is 15.0 Å². The Kier molecular flexibility index (Phi) is 6.03. The summed E-state index contributed by atoms with van der Waals surface area (Å²) in [6.07, 6.45) is 9.61. The number of allylic oxidation sites excluding steroid dienone is 1. The lowest BCUT2D eigenvalue weighted by Crippen LogP contribution is -1.82. The molecule has 4 nitrogen and oxygen atoms in total. The van der Waals surface area contributed by atoms with E-state index in [0.29, 0.717) is 0 Å². The molecule has 4 heteroatoms. The summed E-state index contributed by atoms with van der Waals surface area (Å²) in [7, 11) is 0. The van der Waals surface area contributed by atoms with Crippen molar-refractivity contribution in [2.75, 3.05) is 5.73 Å². The number of rotatable bonds is 2. The summed E-state index contributed by atoms with van der Waals surface area (Å²) in [5.41, 5.74) is 7.56. The second-order valence-electron chi connectivity index (χ2n) is 3.27. The van der Waals surface area contributed by atoms with Crippen LogP contribution in [0.1, 0.15) is 18.9 Å². The Bertz CT molecular complexity index is 396. The molecule has 0 saturated carbocycles. The Morgan fingerprint density at radius 1 is 1.00 bits per heavy atom. The molecule has 0 aliphatic heterocycles. The molecule has 88 valence electrons. The minimum absolute atomic E-state index is 0.818. The van der Waals surface area contributed by atoms with Crippen molar-refractivity contribution in [1.29, 1.82) is 0 Å². The summed E-state index contributed by atoms with van der Waals surface area (Å²) in [6, 6.07) is 7.85. The topological polar surface area (TPSA) is 64.7 Å². The predicted octanol–water partition coefficient (Wildman–Crippen LogP) is 2.56. The van der Waals surface area contributed by atoms with Crippen molar-refractivity contribution in [3.63, 3.8) is 0 Å². The third-order valence-corrected chi connectivity index (χ3v) is 1.88. The van der Waals surface area contributed by atoms with E-state index in [9.17, 15) is 0 Å². The number of nitrogens with two attached hydrogens (primary N) is 1. The van der Waals surface area contributed by atoms with Crippen LogP contribution in [0, 0.1) is 0 Å². The van der Waals surface area contributed by atoms with Gasteiger partial charge in [-0.2, -0.15) is 0 Å². The molecular weight excluding hydrogens is 212 g/mol. The van der Waals surface area contributed by atoms with E-state index in [0.717, 1.165) is 12.1 Å². The Labute approximate surface area is 101 Å². The maximum absolute atomic E-state index is 5.53. The molecule has 17 heavy (non-hydrogen) atoms. The first kappa shape index (κ1) is 12.8. The monoisotopic (exact) mass is 228 g/mol. The highest BCUT2D eigenvalue weighted by molar-refractivity contribution is 5.53. The normalized spacial score (nSPS) is 9.71. The van der Waals surface area contributed by atoms with Crippen LogP contribution in [0.25, 0.3) is 6.08 Å². The van der Waals surface area contributed by atoms with Crippen LogP contribution < -0.4 is 5.73 Å². The van der Waals surface area contributed by atoms with Gasteiger partial charge in [-0.05, 0) is 24.1 Å². The van der Waals surface area contributed by atoms with Gasteiger partial charge in [0.05, 0.1) is 0 Å². The van der Waals surface area contributed by atoms with Crippen LogP contribution in [0.2, 0.25) is 0 Å². The van der Waals surface area contributed by atoms with E-state index >= 15 is 0 Å². The quantitative estimate of drug-likeness (QED) is 0.802. The van der Waals surface area contributed by atoms with Crippen LogP contribution in [0.3, 0.4) is 0 Å². The fourth-order valence-electron chi connectivity index (χ4n) is 1.07. The van der Waals surface area contributed by atoms with Crippen LogP contribution in [-0.2, 0) is 0 Å². The van der Waals surface area contributed by atoms with Gasteiger partial charge in [0.15, 0.2) is 0 Å². The maximum atomic E-state index is 5.53. The fraction of sp³-hybridized carbons (Fsp3) is 0.154. The number of aromatic nitrogens is 3. The molecule has 1 aromatic carbocycles. The highest BCUT2D eigenvalue weighted by Crippen LogP contribution is 2.06. The molecule has 0 bridgehead atoms.